The Morgan fingerprint density at radius 2 is 1.71 bits per heavy atom. The predicted molar refractivity (Wildman–Crippen MR) is 74.2 cm³/mol. The topological polar surface area (TPSA) is 35.2 Å². The summed E-state index contributed by atoms with van der Waals surface area (Å²) in [4.78, 5) is 0. The third kappa shape index (κ3) is 3.49. The van der Waals surface area contributed by atoms with E-state index in [0.29, 0.717) is 16.0 Å². The van der Waals surface area contributed by atoms with Crippen molar-refractivity contribution in [3.8, 4) is 0 Å². The number of halogens is 3. The van der Waals surface area contributed by atoms with Gasteiger partial charge < -0.3 is 10.5 Å². The Morgan fingerprint density at radius 1 is 1.18 bits per heavy atom. The van der Waals surface area contributed by atoms with Gasteiger partial charge in [0, 0.05) is 34.9 Å². The number of ether oxygens (including phenoxy) is 1. The quantitative estimate of drug-likeness (QED) is 0.900. The molecule has 1 aliphatic heterocycles. The molecule has 0 bridgehead atoms. The lowest BCUT2D eigenvalue weighted by Crippen LogP contribution is -2.27. The van der Waals surface area contributed by atoms with Crippen molar-refractivity contribution in [3.63, 3.8) is 0 Å². The minimum atomic E-state index is -0.0925. The van der Waals surface area contributed by atoms with E-state index >= 15 is 0 Å². The first-order chi connectivity index (χ1) is 7.70. The summed E-state index contributed by atoms with van der Waals surface area (Å²) in [6.45, 7) is 1.56. The SMILES string of the molecule is Cl.N[C@@H](c1c(Cl)cccc1Cl)C1CCOCC1. The van der Waals surface area contributed by atoms with Crippen molar-refractivity contribution in [2.75, 3.05) is 13.2 Å². The summed E-state index contributed by atoms with van der Waals surface area (Å²) in [6, 6.07) is 5.42. The summed E-state index contributed by atoms with van der Waals surface area (Å²) in [5.74, 6) is 0.408. The molecule has 1 atom stereocenters. The van der Waals surface area contributed by atoms with Gasteiger partial charge in [0.1, 0.15) is 0 Å². The molecule has 0 aliphatic carbocycles. The molecule has 0 amide bonds. The first kappa shape index (κ1) is 15.1. The molecule has 2 nitrogen and oxygen atoms in total. The van der Waals surface area contributed by atoms with E-state index in [4.69, 9.17) is 33.7 Å². The highest BCUT2D eigenvalue weighted by Gasteiger charge is 2.25. The second-order valence-corrected chi connectivity index (χ2v) is 4.93. The molecular formula is C12H16Cl3NO. The molecule has 1 aliphatic rings. The number of hydrogen-bond acceptors (Lipinski definition) is 2. The zero-order valence-corrected chi connectivity index (χ0v) is 11.7. The van der Waals surface area contributed by atoms with Crippen LogP contribution in [0.1, 0.15) is 24.4 Å². The van der Waals surface area contributed by atoms with Crippen LogP contribution in [0, 0.1) is 5.92 Å². The Morgan fingerprint density at radius 3 is 2.24 bits per heavy atom. The van der Waals surface area contributed by atoms with Crippen molar-refractivity contribution in [1.82, 2.24) is 0 Å². The van der Waals surface area contributed by atoms with Gasteiger partial charge in [-0.3, -0.25) is 0 Å². The molecule has 1 aromatic carbocycles. The van der Waals surface area contributed by atoms with E-state index in [9.17, 15) is 0 Å². The van der Waals surface area contributed by atoms with Gasteiger partial charge in [-0.25, -0.2) is 0 Å². The van der Waals surface area contributed by atoms with Gasteiger partial charge in [-0.05, 0) is 30.9 Å². The van der Waals surface area contributed by atoms with E-state index < -0.39 is 0 Å². The van der Waals surface area contributed by atoms with E-state index in [1.807, 2.05) is 18.2 Å². The first-order valence-corrected chi connectivity index (χ1v) is 6.23. The molecule has 0 unspecified atom stereocenters. The Kier molecular flexibility index (Phi) is 6.04. The Balaban J connectivity index is 0.00000144. The highest BCUT2D eigenvalue weighted by molar-refractivity contribution is 6.36. The summed E-state index contributed by atoms with van der Waals surface area (Å²) in [6.07, 6.45) is 1.95. The van der Waals surface area contributed by atoms with Crippen LogP contribution < -0.4 is 5.73 Å². The maximum absolute atomic E-state index is 6.25. The average molecular weight is 297 g/mol. The largest absolute Gasteiger partial charge is 0.381 e. The molecule has 0 saturated carbocycles. The second-order valence-electron chi connectivity index (χ2n) is 4.11. The molecule has 2 N–H and O–H groups in total. The Bertz CT molecular complexity index is 347. The molecule has 1 saturated heterocycles. The summed E-state index contributed by atoms with van der Waals surface area (Å²) in [7, 11) is 0. The van der Waals surface area contributed by atoms with Crippen LogP contribution in [-0.2, 0) is 4.74 Å². The number of rotatable bonds is 2. The second kappa shape index (κ2) is 6.81. The van der Waals surface area contributed by atoms with Crippen LogP contribution >= 0.6 is 35.6 Å². The van der Waals surface area contributed by atoms with Gasteiger partial charge in [-0.2, -0.15) is 0 Å². The standard InChI is InChI=1S/C12H15Cl2NO.ClH/c13-9-2-1-3-10(14)11(9)12(15)8-4-6-16-7-5-8;/h1-3,8,12H,4-7,15H2;1H/t12-;/m1./s1. The Labute approximate surface area is 118 Å². The molecule has 0 aromatic heterocycles. The third-order valence-corrected chi connectivity index (χ3v) is 3.77. The van der Waals surface area contributed by atoms with Crippen LogP contribution in [0.2, 0.25) is 10.0 Å². The zero-order chi connectivity index (χ0) is 11.5. The van der Waals surface area contributed by atoms with Crippen molar-refractivity contribution in [1.29, 1.82) is 0 Å². The van der Waals surface area contributed by atoms with Crippen molar-refractivity contribution in [2.24, 2.45) is 11.7 Å². The lowest BCUT2D eigenvalue weighted by atomic mass is 9.88. The van der Waals surface area contributed by atoms with Crippen LogP contribution in [0.4, 0.5) is 0 Å². The van der Waals surface area contributed by atoms with Crippen molar-refractivity contribution in [2.45, 2.75) is 18.9 Å². The monoisotopic (exact) mass is 295 g/mol. The molecule has 1 fully saturated rings. The Hall–Kier alpha value is 0.01000. The van der Waals surface area contributed by atoms with Crippen molar-refractivity contribution < 1.29 is 4.74 Å². The van der Waals surface area contributed by atoms with Crippen LogP contribution in [0.3, 0.4) is 0 Å². The third-order valence-electron chi connectivity index (χ3n) is 3.11. The first-order valence-electron chi connectivity index (χ1n) is 5.47. The highest BCUT2D eigenvalue weighted by Crippen LogP contribution is 2.36. The van der Waals surface area contributed by atoms with Crippen LogP contribution in [-0.4, -0.2) is 13.2 Å². The fourth-order valence-electron chi connectivity index (χ4n) is 2.14. The molecule has 1 aromatic rings. The van der Waals surface area contributed by atoms with Gasteiger partial charge in [-0.15, -0.1) is 12.4 Å². The van der Waals surface area contributed by atoms with Gasteiger partial charge in [0.15, 0.2) is 0 Å². The van der Waals surface area contributed by atoms with Crippen LogP contribution in [0.15, 0.2) is 18.2 Å². The fourth-order valence-corrected chi connectivity index (χ4v) is 2.79. The normalized spacial score (nSPS) is 18.5. The van der Waals surface area contributed by atoms with Crippen molar-refractivity contribution in [3.05, 3.63) is 33.8 Å². The predicted octanol–water partition coefficient (Wildman–Crippen LogP) is 3.84. The summed E-state index contributed by atoms with van der Waals surface area (Å²) in [5, 5.41) is 1.32. The summed E-state index contributed by atoms with van der Waals surface area (Å²) >= 11 is 12.3. The van der Waals surface area contributed by atoms with Gasteiger partial charge >= 0.3 is 0 Å². The lowest BCUT2D eigenvalue weighted by Gasteiger charge is -2.28. The van der Waals surface area contributed by atoms with E-state index in [-0.39, 0.29) is 18.4 Å². The smallest absolute Gasteiger partial charge is 0.0469 e. The minimum absolute atomic E-state index is 0. The van der Waals surface area contributed by atoms with Gasteiger partial charge in [-0.1, -0.05) is 29.3 Å². The lowest BCUT2D eigenvalue weighted by molar-refractivity contribution is 0.0584. The van der Waals surface area contributed by atoms with Gasteiger partial charge in [0.05, 0.1) is 0 Å². The van der Waals surface area contributed by atoms with E-state index in [1.54, 1.807) is 0 Å². The molecule has 5 heteroatoms. The number of benzene rings is 1. The molecule has 2 rings (SSSR count). The molecule has 96 valence electrons. The summed E-state index contributed by atoms with van der Waals surface area (Å²) in [5.41, 5.74) is 7.12. The number of nitrogens with two attached hydrogens (primary N) is 1. The zero-order valence-electron chi connectivity index (χ0n) is 9.36. The molecule has 0 radical (unpaired) electrons. The maximum Gasteiger partial charge on any atom is 0.0469 e. The van der Waals surface area contributed by atoms with E-state index in [1.165, 1.54) is 0 Å². The van der Waals surface area contributed by atoms with Crippen molar-refractivity contribution >= 4 is 35.6 Å². The van der Waals surface area contributed by atoms with E-state index in [0.717, 1.165) is 31.6 Å². The van der Waals surface area contributed by atoms with Gasteiger partial charge in [0.25, 0.3) is 0 Å². The molecule has 17 heavy (non-hydrogen) atoms. The molecular weight excluding hydrogens is 280 g/mol. The molecule has 0 spiro atoms. The highest BCUT2D eigenvalue weighted by atomic mass is 35.5. The average Bonchev–Trinajstić information content (AvgIpc) is 2.30. The van der Waals surface area contributed by atoms with Gasteiger partial charge in [0.2, 0.25) is 0 Å². The fraction of sp³-hybridized carbons (Fsp3) is 0.500. The number of hydrogen-bond donors (Lipinski definition) is 1. The molecule has 1 heterocycles. The maximum atomic E-state index is 6.25. The van der Waals surface area contributed by atoms with Crippen LogP contribution in [0.5, 0.6) is 0 Å². The van der Waals surface area contributed by atoms with E-state index in [2.05, 4.69) is 0 Å². The van der Waals surface area contributed by atoms with Crippen LogP contribution in [0.25, 0.3) is 0 Å². The summed E-state index contributed by atoms with van der Waals surface area (Å²) < 4.78 is 5.32. The minimum Gasteiger partial charge on any atom is -0.381 e.